The van der Waals surface area contributed by atoms with E-state index in [1.165, 1.54) is 76.6 Å². The van der Waals surface area contributed by atoms with Crippen LogP contribution in [0.2, 0.25) is 0 Å². The van der Waals surface area contributed by atoms with Gasteiger partial charge in [0.25, 0.3) is 6.33 Å². The largest absolute Gasteiger partial charge is 0.313 e. The van der Waals surface area contributed by atoms with Gasteiger partial charge >= 0.3 is 0 Å². The minimum Gasteiger partial charge on any atom is -0.313 e. The third-order valence-electron chi connectivity index (χ3n) is 15.1. The molecule has 0 aliphatic heterocycles. The second-order valence-electron chi connectivity index (χ2n) is 18.7. The molecular weight excluding hydrogens is 853 g/mol. The molecule has 0 saturated carbocycles. The SMILES string of the molecule is Cc1c(C)n(-c2ccc(-c3nc4ccccc4n3-c3ccccc3)cc2)c2c3ccccc3c3c4c(C)c(C)n(-c5ccc(-[n+]6cn(-c7ccccc7)c7ccccc76)cc5)c4c4ccccc4c3c12. The monoisotopic (exact) mass is 899 g/mol. The van der Waals surface area contributed by atoms with Crippen LogP contribution < -0.4 is 4.57 Å². The Morgan fingerprint density at radius 3 is 1.41 bits per heavy atom. The normalized spacial score (nSPS) is 12.0. The zero-order valence-electron chi connectivity index (χ0n) is 39.4. The molecule has 0 aliphatic carbocycles. The quantitative estimate of drug-likeness (QED) is 0.121. The molecule has 4 heterocycles. The van der Waals surface area contributed by atoms with Crippen LogP contribution in [0.1, 0.15) is 22.5 Å². The number of aryl methyl sites for hydroxylation is 2. The third-order valence-corrected chi connectivity index (χ3v) is 15.1. The standard InChI is InChI=1S/C64H47N6/c1-40-42(3)68(48-33-31-44(32-34-48)64-65-54-27-15-16-28-55(54)70(64)47-21-9-6-10-22-47)62-52-25-13-11-23-50(52)61-59-41(2)43(4)69(63(59)53-26-14-12-24-51(53)60(61)58(40)62)49-37-35-46(36-38-49)67-39-66(45-19-7-5-8-20-45)56-29-17-18-30-57(56)67/h5-39H,1-4H3/q+1. The first-order chi connectivity index (χ1) is 34.4. The van der Waals surface area contributed by atoms with Crippen LogP contribution >= 0.6 is 0 Å². The van der Waals surface area contributed by atoms with Crippen molar-refractivity contribution in [2.45, 2.75) is 27.7 Å². The molecular formula is C64H47N6+. The molecule has 0 bridgehead atoms. The Balaban J connectivity index is 0.968. The summed E-state index contributed by atoms with van der Waals surface area (Å²) in [5, 5.41) is 10.2. The number of benzene rings is 10. The van der Waals surface area contributed by atoms with Crippen molar-refractivity contribution in [3.8, 4) is 39.8 Å². The highest BCUT2D eigenvalue weighted by molar-refractivity contribution is 6.40. The predicted molar refractivity (Wildman–Crippen MR) is 290 cm³/mol. The fraction of sp³-hybridized carbons (Fsp3) is 0.0625. The van der Waals surface area contributed by atoms with Gasteiger partial charge in [0.05, 0.1) is 22.1 Å². The highest BCUT2D eigenvalue weighted by atomic mass is 15.1. The van der Waals surface area contributed by atoms with E-state index in [-0.39, 0.29) is 0 Å². The average Bonchev–Trinajstić information content (AvgIpc) is 4.15. The maximum absolute atomic E-state index is 5.19. The first-order valence-corrected chi connectivity index (χ1v) is 24.1. The molecule has 0 spiro atoms. The number of fused-ring (bicyclic) bond motifs is 13. The van der Waals surface area contributed by atoms with Crippen LogP contribution in [0, 0.1) is 27.7 Å². The fourth-order valence-corrected chi connectivity index (χ4v) is 11.7. The zero-order valence-corrected chi connectivity index (χ0v) is 39.4. The van der Waals surface area contributed by atoms with Gasteiger partial charge in [-0.3, -0.25) is 4.57 Å². The van der Waals surface area contributed by atoms with Crippen molar-refractivity contribution in [3.63, 3.8) is 0 Å². The predicted octanol–water partition coefficient (Wildman–Crippen LogP) is 15.5. The number of hydrogen-bond donors (Lipinski definition) is 0. The van der Waals surface area contributed by atoms with E-state index in [2.05, 4.69) is 263 Å². The van der Waals surface area contributed by atoms with Crippen molar-refractivity contribution in [1.82, 2.24) is 23.3 Å². The molecule has 0 N–H and O–H groups in total. The summed E-state index contributed by atoms with van der Waals surface area (Å²) < 4.78 is 11.8. The number of nitrogens with zero attached hydrogens (tertiary/aromatic N) is 6. The first kappa shape index (κ1) is 40.1. The Hall–Kier alpha value is -9.00. The summed E-state index contributed by atoms with van der Waals surface area (Å²) in [6.45, 7) is 9.21. The molecule has 14 aromatic rings. The van der Waals surface area contributed by atoms with Gasteiger partial charge in [0.2, 0.25) is 0 Å². The smallest absolute Gasteiger partial charge is 0.255 e. The van der Waals surface area contributed by atoms with Gasteiger partial charge in [-0.25, -0.2) is 4.98 Å². The number of hydrogen-bond acceptors (Lipinski definition) is 1. The van der Waals surface area contributed by atoms with Gasteiger partial charge in [-0.15, -0.1) is 0 Å². The number of imidazole rings is 2. The van der Waals surface area contributed by atoms with Crippen LogP contribution in [-0.2, 0) is 0 Å². The lowest BCUT2D eigenvalue weighted by molar-refractivity contribution is -0.567. The molecule has 4 aromatic heterocycles. The Labute approximate surface area is 404 Å². The van der Waals surface area contributed by atoms with Gasteiger partial charge < -0.3 is 9.13 Å². The first-order valence-electron chi connectivity index (χ1n) is 24.1. The third kappa shape index (κ3) is 5.68. The Kier molecular flexibility index (Phi) is 8.74. The average molecular weight is 900 g/mol. The molecule has 6 nitrogen and oxygen atoms in total. The Bertz CT molecular complexity index is 4410. The van der Waals surface area contributed by atoms with Gasteiger partial charge in [-0.1, -0.05) is 109 Å². The van der Waals surface area contributed by atoms with Crippen molar-refractivity contribution in [2.75, 3.05) is 0 Å². The lowest BCUT2D eigenvalue weighted by atomic mass is 9.89. The van der Waals surface area contributed by atoms with Crippen molar-refractivity contribution in [2.24, 2.45) is 0 Å². The van der Waals surface area contributed by atoms with E-state index in [1.54, 1.807) is 0 Å². The van der Waals surface area contributed by atoms with E-state index in [9.17, 15) is 0 Å². The summed E-state index contributed by atoms with van der Waals surface area (Å²) >= 11 is 0. The highest BCUT2D eigenvalue weighted by Gasteiger charge is 2.27. The lowest BCUT2D eigenvalue weighted by Gasteiger charge is -2.17. The molecule has 0 unspecified atom stereocenters. The van der Waals surface area contributed by atoms with E-state index in [0.29, 0.717) is 0 Å². The summed E-state index contributed by atoms with van der Waals surface area (Å²) in [5.74, 6) is 0.927. The van der Waals surface area contributed by atoms with Gasteiger partial charge in [0, 0.05) is 66.3 Å². The van der Waals surface area contributed by atoms with Crippen LogP contribution in [-0.4, -0.2) is 23.3 Å². The summed E-state index contributed by atoms with van der Waals surface area (Å²) in [6, 6.07) is 74.4. The summed E-state index contributed by atoms with van der Waals surface area (Å²) in [4.78, 5) is 5.19. The molecule has 10 aromatic carbocycles. The maximum Gasteiger partial charge on any atom is 0.255 e. The van der Waals surface area contributed by atoms with E-state index >= 15 is 0 Å². The van der Waals surface area contributed by atoms with E-state index in [0.717, 1.165) is 61.9 Å². The molecule has 0 fully saturated rings. The van der Waals surface area contributed by atoms with Gasteiger partial charge in [-0.05, 0) is 147 Å². The van der Waals surface area contributed by atoms with Crippen LogP contribution in [0.5, 0.6) is 0 Å². The number of rotatable bonds is 6. The van der Waals surface area contributed by atoms with Crippen molar-refractivity contribution < 1.29 is 4.57 Å². The van der Waals surface area contributed by atoms with Crippen molar-refractivity contribution in [3.05, 3.63) is 235 Å². The van der Waals surface area contributed by atoms with Gasteiger partial charge in [0.15, 0.2) is 11.0 Å². The minimum absolute atomic E-state index is 0.927. The van der Waals surface area contributed by atoms with Crippen molar-refractivity contribution >= 4 is 76.2 Å². The highest BCUT2D eigenvalue weighted by Crippen LogP contribution is 2.49. The number of aromatic nitrogens is 6. The maximum atomic E-state index is 5.19. The summed E-state index contributed by atoms with van der Waals surface area (Å²) in [7, 11) is 0. The molecule has 0 radical (unpaired) electrons. The molecule has 0 saturated heterocycles. The Morgan fingerprint density at radius 2 is 0.829 bits per heavy atom. The number of para-hydroxylation sites is 6. The lowest BCUT2D eigenvalue weighted by Crippen LogP contribution is -2.28. The molecule has 0 atom stereocenters. The Morgan fingerprint density at radius 1 is 0.371 bits per heavy atom. The molecule has 0 aliphatic rings. The van der Waals surface area contributed by atoms with Gasteiger partial charge in [0.1, 0.15) is 17.2 Å². The van der Waals surface area contributed by atoms with E-state index in [4.69, 9.17) is 4.98 Å². The minimum atomic E-state index is 0.927. The zero-order chi connectivity index (χ0) is 46.8. The molecule has 332 valence electrons. The van der Waals surface area contributed by atoms with Crippen LogP contribution in [0.25, 0.3) is 116 Å². The fourth-order valence-electron chi connectivity index (χ4n) is 11.7. The summed E-state index contributed by atoms with van der Waals surface area (Å²) in [5.41, 5.74) is 18.6. The molecule has 14 rings (SSSR count). The van der Waals surface area contributed by atoms with Crippen LogP contribution in [0.15, 0.2) is 213 Å². The summed E-state index contributed by atoms with van der Waals surface area (Å²) in [6.07, 6.45) is 2.21. The second kappa shape index (κ2) is 15.3. The van der Waals surface area contributed by atoms with Crippen molar-refractivity contribution in [1.29, 1.82) is 0 Å². The van der Waals surface area contributed by atoms with Gasteiger partial charge in [-0.2, -0.15) is 9.13 Å². The van der Waals surface area contributed by atoms with E-state index < -0.39 is 0 Å². The van der Waals surface area contributed by atoms with E-state index in [1.807, 2.05) is 0 Å². The molecule has 0 amide bonds. The topological polar surface area (TPSA) is 36.5 Å². The molecule has 70 heavy (non-hydrogen) atoms. The molecule has 6 heteroatoms. The van der Waals surface area contributed by atoms with Crippen LogP contribution in [0.3, 0.4) is 0 Å². The second-order valence-corrected chi connectivity index (χ2v) is 18.7. The van der Waals surface area contributed by atoms with Crippen LogP contribution in [0.4, 0.5) is 0 Å².